The summed E-state index contributed by atoms with van der Waals surface area (Å²) in [5.74, 6) is -1.24. The summed E-state index contributed by atoms with van der Waals surface area (Å²) in [7, 11) is 2.00. The molecule has 33 heavy (non-hydrogen) atoms. The van der Waals surface area contributed by atoms with Gasteiger partial charge in [0.05, 0.1) is 5.60 Å². The second-order valence-electron chi connectivity index (χ2n) is 9.77. The van der Waals surface area contributed by atoms with Gasteiger partial charge in [0.25, 0.3) is 11.5 Å². The molecule has 1 saturated heterocycles. The molecule has 4 atom stereocenters. The molecule has 2 amide bonds. The number of aromatic hydroxyl groups is 1. The van der Waals surface area contributed by atoms with Crippen LogP contribution in [0.25, 0.3) is 0 Å². The number of likely N-dealkylation sites (tertiary alicyclic amines) is 1. The van der Waals surface area contributed by atoms with Gasteiger partial charge in [0, 0.05) is 30.0 Å². The zero-order valence-electron chi connectivity index (χ0n) is 18.6. The lowest BCUT2D eigenvalue weighted by atomic mass is 9.49. The van der Waals surface area contributed by atoms with Crippen LogP contribution in [0, 0.1) is 0 Å². The summed E-state index contributed by atoms with van der Waals surface area (Å²) < 4.78 is 0. The molecule has 2 bridgehead atoms. The highest BCUT2D eigenvalue weighted by Crippen LogP contribution is 2.56. The average Bonchev–Trinajstić information content (AvgIpc) is 2.75. The molecular weight excluding hydrogens is 424 g/mol. The first-order chi connectivity index (χ1) is 15.6. The molecule has 2 heterocycles. The molecule has 1 aromatic carbocycles. The number of nitrogens with two attached hydrogens (primary N) is 1. The van der Waals surface area contributed by atoms with Crippen molar-refractivity contribution in [3.8, 4) is 5.75 Å². The minimum atomic E-state index is -1.14. The number of pyridine rings is 1. The number of nitrogens with one attached hydrogen (secondary N) is 2. The number of likely N-dealkylation sites (N-methyl/N-ethyl adjacent to an activating group) is 1. The van der Waals surface area contributed by atoms with Gasteiger partial charge < -0.3 is 31.1 Å². The van der Waals surface area contributed by atoms with Gasteiger partial charge in [-0.05, 0) is 68.2 Å². The predicted octanol–water partition coefficient (Wildman–Crippen LogP) is -0.288. The lowest BCUT2D eigenvalue weighted by Crippen LogP contribution is -2.73. The molecular formula is C24H28N4O5. The normalized spacial score (nSPS) is 28.8. The Morgan fingerprint density at radius 2 is 2.03 bits per heavy atom. The van der Waals surface area contributed by atoms with Gasteiger partial charge in [0.1, 0.15) is 17.4 Å². The number of hydrogen-bond acceptors (Lipinski definition) is 6. The monoisotopic (exact) mass is 452 g/mol. The molecule has 174 valence electrons. The van der Waals surface area contributed by atoms with Crippen LogP contribution in [0.3, 0.4) is 0 Å². The number of benzene rings is 1. The molecule has 9 nitrogen and oxygen atoms in total. The summed E-state index contributed by atoms with van der Waals surface area (Å²) in [6, 6.07) is 5.80. The summed E-state index contributed by atoms with van der Waals surface area (Å²) in [6.07, 6.45) is 1.97. The fraction of sp³-hybridized carbons (Fsp3) is 0.458. The van der Waals surface area contributed by atoms with Crippen molar-refractivity contribution in [2.75, 3.05) is 13.6 Å². The Balaban J connectivity index is 1.62. The average molecular weight is 453 g/mol. The molecule has 0 unspecified atom stereocenters. The van der Waals surface area contributed by atoms with E-state index in [0.29, 0.717) is 30.5 Å². The van der Waals surface area contributed by atoms with Crippen molar-refractivity contribution in [1.82, 2.24) is 15.2 Å². The van der Waals surface area contributed by atoms with Gasteiger partial charge >= 0.3 is 0 Å². The number of aromatic nitrogens is 1. The first-order valence-electron chi connectivity index (χ1n) is 11.2. The first-order valence-corrected chi connectivity index (χ1v) is 11.2. The quantitative estimate of drug-likeness (QED) is 0.432. The first kappa shape index (κ1) is 21.7. The van der Waals surface area contributed by atoms with Crippen molar-refractivity contribution in [2.24, 2.45) is 5.73 Å². The number of phenolic OH excluding ortho intramolecular Hbond substituents is 1. The van der Waals surface area contributed by atoms with Crippen LogP contribution in [0.15, 0.2) is 29.1 Å². The number of hydrogen-bond donors (Lipinski definition) is 5. The second kappa shape index (κ2) is 7.16. The second-order valence-corrected chi connectivity index (χ2v) is 9.77. The van der Waals surface area contributed by atoms with Gasteiger partial charge in [-0.15, -0.1) is 0 Å². The highest BCUT2D eigenvalue weighted by Gasteiger charge is 2.64. The van der Waals surface area contributed by atoms with E-state index >= 15 is 0 Å². The van der Waals surface area contributed by atoms with Crippen LogP contribution in [0.5, 0.6) is 5.75 Å². The van der Waals surface area contributed by atoms with Crippen LogP contribution < -0.4 is 16.6 Å². The van der Waals surface area contributed by atoms with E-state index in [0.717, 1.165) is 17.7 Å². The zero-order valence-corrected chi connectivity index (χ0v) is 18.6. The van der Waals surface area contributed by atoms with E-state index in [1.807, 2.05) is 13.1 Å². The lowest BCUT2D eigenvalue weighted by Gasteiger charge is -2.63. The third-order valence-corrected chi connectivity index (χ3v) is 8.00. The van der Waals surface area contributed by atoms with Gasteiger partial charge in [-0.2, -0.15) is 0 Å². The summed E-state index contributed by atoms with van der Waals surface area (Å²) in [5.41, 5.74) is 6.16. The lowest BCUT2D eigenvalue weighted by molar-refractivity contribution is -0.145. The number of phenols is 1. The van der Waals surface area contributed by atoms with Gasteiger partial charge in [-0.25, -0.2) is 0 Å². The Labute approximate surface area is 190 Å². The van der Waals surface area contributed by atoms with Crippen LogP contribution in [0.2, 0.25) is 0 Å². The zero-order chi connectivity index (χ0) is 23.7. The molecule has 1 aromatic heterocycles. The number of H-pyrrole nitrogens is 1. The Morgan fingerprint density at radius 1 is 1.27 bits per heavy atom. The number of aliphatic hydroxyl groups is 1. The Morgan fingerprint density at radius 3 is 2.76 bits per heavy atom. The Kier molecular flexibility index (Phi) is 4.70. The number of amides is 2. The third kappa shape index (κ3) is 3.02. The maximum atomic E-state index is 12.8. The van der Waals surface area contributed by atoms with Crippen LogP contribution in [0.4, 0.5) is 0 Å². The molecule has 0 spiro atoms. The Bertz CT molecular complexity index is 1240. The van der Waals surface area contributed by atoms with Gasteiger partial charge in [-0.3, -0.25) is 14.4 Å². The van der Waals surface area contributed by atoms with Gasteiger partial charge in [-0.1, -0.05) is 6.07 Å². The summed E-state index contributed by atoms with van der Waals surface area (Å²) in [6.45, 7) is 2.23. The molecule has 2 aromatic rings. The molecule has 0 saturated carbocycles. The van der Waals surface area contributed by atoms with Gasteiger partial charge in [0.2, 0.25) is 5.91 Å². The molecule has 9 heteroatoms. The number of aromatic amines is 1. The number of carbonyl (C=O) groups excluding carboxylic acids is 2. The number of nitrogens with zero attached hydrogens (tertiary/aromatic N) is 1. The third-order valence-electron chi connectivity index (χ3n) is 8.00. The predicted molar refractivity (Wildman–Crippen MR) is 120 cm³/mol. The minimum Gasteiger partial charge on any atom is -0.508 e. The van der Waals surface area contributed by atoms with E-state index in [9.17, 15) is 24.6 Å². The topological polar surface area (TPSA) is 149 Å². The van der Waals surface area contributed by atoms with E-state index < -0.39 is 34.4 Å². The molecule has 6 N–H and O–H groups in total. The van der Waals surface area contributed by atoms with E-state index in [1.165, 1.54) is 13.0 Å². The number of primary amides is 1. The molecule has 2 aliphatic carbocycles. The fourth-order valence-electron chi connectivity index (χ4n) is 6.17. The van der Waals surface area contributed by atoms with Crippen LogP contribution in [-0.2, 0) is 29.5 Å². The van der Waals surface area contributed by atoms with E-state index in [1.54, 1.807) is 12.1 Å². The standard InChI is InChI=1S/C24H28N4O5/c1-12(20(25)30)26-21(31)16-7-14-10-24(33)19-8-13-3-4-15(29)9-17(13)23(24,5-6-28(19)2)11-18(14)27-22(16)32/h3-4,7,9,12,19,29,33H,5-6,8,10-11H2,1-2H3,(H2,25,30)(H,26,31)(H,27,32)/t12-,19+,23+,24+/m0/s1. The van der Waals surface area contributed by atoms with Crippen molar-refractivity contribution in [3.63, 3.8) is 0 Å². The van der Waals surface area contributed by atoms with Crippen molar-refractivity contribution < 1.29 is 19.8 Å². The van der Waals surface area contributed by atoms with Crippen molar-refractivity contribution in [2.45, 2.75) is 55.7 Å². The van der Waals surface area contributed by atoms with Crippen LogP contribution in [-0.4, -0.2) is 63.2 Å². The minimum absolute atomic E-state index is 0.117. The highest BCUT2D eigenvalue weighted by molar-refractivity contribution is 5.97. The van der Waals surface area contributed by atoms with Crippen molar-refractivity contribution >= 4 is 11.8 Å². The summed E-state index contributed by atoms with van der Waals surface area (Å²) >= 11 is 0. The fourth-order valence-corrected chi connectivity index (χ4v) is 6.17. The maximum absolute atomic E-state index is 12.8. The number of rotatable bonds is 3. The number of piperidine rings is 1. The maximum Gasteiger partial charge on any atom is 0.261 e. The summed E-state index contributed by atoms with van der Waals surface area (Å²) in [5, 5.41) is 24.9. The van der Waals surface area contributed by atoms with Crippen LogP contribution >= 0.6 is 0 Å². The largest absolute Gasteiger partial charge is 0.508 e. The SMILES string of the molecule is C[C@H](NC(=O)c1cc2c([nH]c1=O)C[C@]13CCN(C)[C@H](Cc4ccc(O)cc41)[C@]3(O)C2)C(N)=O. The number of fused-ring (bicyclic) bond motifs is 2. The molecule has 3 aliphatic rings. The number of carbonyl (C=O) groups is 2. The highest BCUT2D eigenvalue weighted by atomic mass is 16.3. The van der Waals surface area contributed by atoms with E-state index in [-0.39, 0.29) is 23.8 Å². The van der Waals surface area contributed by atoms with Crippen LogP contribution in [0.1, 0.15) is 46.1 Å². The summed E-state index contributed by atoms with van der Waals surface area (Å²) in [4.78, 5) is 41.8. The van der Waals surface area contributed by atoms with E-state index in [2.05, 4.69) is 15.2 Å². The van der Waals surface area contributed by atoms with Crippen molar-refractivity contribution in [3.05, 3.63) is 62.6 Å². The smallest absolute Gasteiger partial charge is 0.261 e. The van der Waals surface area contributed by atoms with E-state index in [4.69, 9.17) is 5.73 Å². The molecule has 5 rings (SSSR count). The molecule has 1 aliphatic heterocycles. The molecule has 1 fully saturated rings. The van der Waals surface area contributed by atoms with Gasteiger partial charge in [0.15, 0.2) is 0 Å². The Hall–Kier alpha value is -3.17. The van der Waals surface area contributed by atoms with Crippen molar-refractivity contribution in [1.29, 1.82) is 0 Å². The molecule has 0 radical (unpaired) electrons.